The molecule has 2 heterocycles. The highest BCUT2D eigenvalue weighted by molar-refractivity contribution is 5.69. The number of nitrogens with zero attached hydrogens (tertiary/aromatic N) is 4. The van der Waals surface area contributed by atoms with E-state index in [9.17, 15) is 9.18 Å². The molecule has 1 fully saturated rings. The molecule has 0 aliphatic carbocycles. The fraction of sp³-hybridized carbons (Fsp3) is 0.550. The van der Waals surface area contributed by atoms with Gasteiger partial charge in [0.1, 0.15) is 5.82 Å². The fourth-order valence-corrected chi connectivity index (χ4v) is 3.68. The number of aliphatic carboxylic acids is 1. The number of carbonyl (C=O) groups is 1. The largest absolute Gasteiger partial charge is 0.480 e. The van der Waals surface area contributed by atoms with Crippen molar-refractivity contribution in [2.45, 2.75) is 45.2 Å². The van der Waals surface area contributed by atoms with Gasteiger partial charge in [0, 0.05) is 18.2 Å². The van der Waals surface area contributed by atoms with Gasteiger partial charge in [-0.15, -0.1) is 0 Å². The highest BCUT2D eigenvalue weighted by Gasteiger charge is 2.27. The highest BCUT2D eigenvalue weighted by Crippen LogP contribution is 2.26. The highest BCUT2D eigenvalue weighted by atomic mass is 19.1. The van der Waals surface area contributed by atoms with Gasteiger partial charge in [0.2, 0.25) is 11.7 Å². The van der Waals surface area contributed by atoms with Crippen molar-refractivity contribution >= 4 is 5.97 Å². The van der Waals surface area contributed by atoms with Gasteiger partial charge in [0.05, 0.1) is 12.6 Å². The van der Waals surface area contributed by atoms with Crippen molar-refractivity contribution in [2.75, 3.05) is 26.7 Å². The van der Waals surface area contributed by atoms with Crippen LogP contribution in [-0.4, -0.2) is 63.7 Å². The van der Waals surface area contributed by atoms with Gasteiger partial charge in [0.25, 0.3) is 0 Å². The first-order valence-electron chi connectivity index (χ1n) is 9.61. The maximum absolute atomic E-state index is 13.8. The summed E-state index contributed by atoms with van der Waals surface area (Å²) >= 11 is 0. The minimum absolute atomic E-state index is 0.0555. The maximum atomic E-state index is 13.8. The van der Waals surface area contributed by atoms with E-state index in [1.807, 2.05) is 18.9 Å². The predicted molar refractivity (Wildman–Crippen MR) is 102 cm³/mol. The van der Waals surface area contributed by atoms with Crippen molar-refractivity contribution in [2.24, 2.45) is 0 Å². The molecule has 0 amide bonds. The van der Waals surface area contributed by atoms with E-state index in [2.05, 4.69) is 15.0 Å². The number of halogens is 1. The number of likely N-dealkylation sites (tertiary alicyclic amines) is 1. The van der Waals surface area contributed by atoms with Gasteiger partial charge >= 0.3 is 5.97 Å². The van der Waals surface area contributed by atoms with E-state index in [0.717, 1.165) is 32.4 Å². The van der Waals surface area contributed by atoms with E-state index < -0.39 is 5.97 Å². The lowest BCUT2D eigenvalue weighted by molar-refractivity contribution is -0.138. The monoisotopic (exact) mass is 390 g/mol. The Morgan fingerprint density at radius 1 is 1.43 bits per heavy atom. The molecule has 28 heavy (non-hydrogen) atoms. The lowest BCUT2D eigenvalue weighted by atomic mass is 10.1. The number of aromatic nitrogens is 2. The number of aryl methyl sites for hydroxylation is 1. The Morgan fingerprint density at radius 3 is 2.93 bits per heavy atom. The lowest BCUT2D eigenvalue weighted by Crippen LogP contribution is -2.36. The number of carboxylic acids is 1. The second-order valence-electron chi connectivity index (χ2n) is 7.53. The van der Waals surface area contributed by atoms with Crippen LogP contribution >= 0.6 is 0 Å². The fourth-order valence-electron chi connectivity index (χ4n) is 3.68. The maximum Gasteiger partial charge on any atom is 0.317 e. The Morgan fingerprint density at radius 2 is 2.21 bits per heavy atom. The molecule has 0 saturated carbocycles. The smallest absolute Gasteiger partial charge is 0.317 e. The van der Waals surface area contributed by atoms with Gasteiger partial charge in [-0.3, -0.25) is 14.6 Å². The standard InChI is InChI=1S/C20H27FN4O3/c1-13-6-7-15(11-17(13)21)19-22-20(28-23-19)14(2)25-9-4-5-16(8-10-25)24(3)12-18(26)27/h6-7,11,14,16H,4-5,8-10,12H2,1-3H3,(H,26,27). The first kappa shape index (κ1) is 20.4. The Hall–Kier alpha value is -2.32. The van der Waals surface area contributed by atoms with Crippen LogP contribution in [0.3, 0.4) is 0 Å². The first-order chi connectivity index (χ1) is 13.3. The van der Waals surface area contributed by atoms with Crippen molar-refractivity contribution in [3.63, 3.8) is 0 Å². The second kappa shape index (κ2) is 8.79. The zero-order valence-electron chi connectivity index (χ0n) is 16.6. The van der Waals surface area contributed by atoms with E-state index in [-0.39, 0.29) is 24.4 Å². The third-order valence-corrected chi connectivity index (χ3v) is 5.52. The summed E-state index contributed by atoms with van der Waals surface area (Å²) in [4.78, 5) is 19.6. The van der Waals surface area contributed by atoms with Crippen molar-refractivity contribution in [1.82, 2.24) is 19.9 Å². The summed E-state index contributed by atoms with van der Waals surface area (Å²) in [6, 6.07) is 5.10. The van der Waals surface area contributed by atoms with Crippen LogP contribution in [0.4, 0.5) is 4.39 Å². The molecular weight excluding hydrogens is 363 g/mol. The molecule has 2 aromatic rings. The van der Waals surface area contributed by atoms with Crippen LogP contribution in [0.2, 0.25) is 0 Å². The van der Waals surface area contributed by atoms with Crippen LogP contribution < -0.4 is 0 Å². The van der Waals surface area contributed by atoms with Crippen molar-refractivity contribution < 1.29 is 18.8 Å². The van der Waals surface area contributed by atoms with E-state index in [1.54, 1.807) is 19.1 Å². The first-order valence-corrected chi connectivity index (χ1v) is 9.61. The van der Waals surface area contributed by atoms with Gasteiger partial charge in [-0.25, -0.2) is 4.39 Å². The van der Waals surface area contributed by atoms with Gasteiger partial charge in [0.15, 0.2) is 0 Å². The summed E-state index contributed by atoms with van der Waals surface area (Å²) in [7, 11) is 1.86. The summed E-state index contributed by atoms with van der Waals surface area (Å²) in [5, 5.41) is 13.0. The van der Waals surface area contributed by atoms with Crippen LogP contribution in [0.25, 0.3) is 11.4 Å². The molecule has 2 atom stereocenters. The number of hydrogen-bond acceptors (Lipinski definition) is 6. The molecule has 3 rings (SSSR count). The molecule has 1 N–H and O–H groups in total. The SMILES string of the molecule is Cc1ccc(-c2noc(C(C)N3CCCC(N(C)CC(=O)O)CC3)n2)cc1F. The van der Waals surface area contributed by atoms with Crippen LogP contribution in [0.1, 0.15) is 43.7 Å². The molecule has 7 nitrogen and oxygen atoms in total. The van der Waals surface area contributed by atoms with E-state index in [0.29, 0.717) is 22.8 Å². The molecule has 1 saturated heterocycles. The molecule has 0 radical (unpaired) electrons. The predicted octanol–water partition coefficient (Wildman–Crippen LogP) is 3.12. The third-order valence-electron chi connectivity index (χ3n) is 5.52. The Labute approximate surface area is 164 Å². The molecule has 1 aromatic carbocycles. The molecule has 1 aliphatic rings. The van der Waals surface area contributed by atoms with Gasteiger partial charge in [-0.1, -0.05) is 17.3 Å². The van der Waals surface area contributed by atoms with E-state index in [1.165, 1.54) is 6.07 Å². The number of likely N-dealkylation sites (N-methyl/N-ethyl adjacent to an activating group) is 1. The minimum Gasteiger partial charge on any atom is -0.480 e. The summed E-state index contributed by atoms with van der Waals surface area (Å²) < 4.78 is 19.3. The summed E-state index contributed by atoms with van der Waals surface area (Å²) in [6.45, 7) is 5.50. The molecule has 1 aliphatic heterocycles. The van der Waals surface area contributed by atoms with Gasteiger partial charge in [-0.05, 0) is 58.3 Å². The summed E-state index contributed by atoms with van der Waals surface area (Å²) in [6.07, 6.45) is 2.83. The number of benzene rings is 1. The van der Waals surface area contributed by atoms with Crippen LogP contribution in [0.5, 0.6) is 0 Å². The summed E-state index contributed by atoms with van der Waals surface area (Å²) in [5.41, 5.74) is 1.17. The molecule has 1 aromatic heterocycles. The van der Waals surface area contributed by atoms with Gasteiger partial charge in [-0.2, -0.15) is 4.98 Å². The molecule has 2 unspecified atom stereocenters. The summed E-state index contributed by atoms with van der Waals surface area (Å²) in [5.74, 6) is -0.202. The number of carboxylic acid groups (broad SMARTS) is 1. The Balaban J connectivity index is 1.66. The van der Waals surface area contributed by atoms with Crippen LogP contribution in [0, 0.1) is 12.7 Å². The van der Waals surface area contributed by atoms with Crippen molar-refractivity contribution in [3.05, 3.63) is 35.5 Å². The number of rotatable bonds is 6. The molecule has 8 heteroatoms. The average Bonchev–Trinajstić information content (AvgIpc) is 3.00. The zero-order chi connectivity index (χ0) is 20.3. The molecular formula is C20H27FN4O3. The molecule has 152 valence electrons. The van der Waals surface area contributed by atoms with Crippen LogP contribution in [-0.2, 0) is 4.79 Å². The second-order valence-corrected chi connectivity index (χ2v) is 7.53. The number of hydrogen-bond donors (Lipinski definition) is 1. The normalized spacial score (nSPS) is 19.5. The average molecular weight is 390 g/mol. The zero-order valence-corrected chi connectivity index (χ0v) is 16.6. The van der Waals surface area contributed by atoms with Crippen LogP contribution in [0.15, 0.2) is 22.7 Å². The Bertz CT molecular complexity index is 826. The molecule has 0 bridgehead atoms. The van der Waals surface area contributed by atoms with Crippen molar-refractivity contribution in [1.29, 1.82) is 0 Å². The Kier molecular flexibility index (Phi) is 6.41. The quantitative estimate of drug-likeness (QED) is 0.811. The minimum atomic E-state index is -0.803. The topological polar surface area (TPSA) is 82.7 Å². The van der Waals surface area contributed by atoms with E-state index >= 15 is 0 Å². The van der Waals surface area contributed by atoms with Gasteiger partial charge < -0.3 is 9.63 Å². The van der Waals surface area contributed by atoms with E-state index in [4.69, 9.17) is 9.63 Å². The third kappa shape index (κ3) is 4.74. The lowest BCUT2D eigenvalue weighted by Gasteiger charge is -2.27. The molecule has 0 spiro atoms. The van der Waals surface area contributed by atoms with Crippen molar-refractivity contribution in [3.8, 4) is 11.4 Å².